The summed E-state index contributed by atoms with van der Waals surface area (Å²) in [5, 5.41) is 0. The quantitative estimate of drug-likeness (QED) is 0.808. The van der Waals surface area contributed by atoms with Gasteiger partial charge in [-0.3, -0.25) is 4.79 Å². The first-order valence-electron chi connectivity index (χ1n) is 6.27. The van der Waals surface area contributed by atoms with Gasteiger partial charge in [-0.1, -0.05) is 32.0 Å². The summed E-state index contributed by atoms with van der Waals surface area (Å²) >= 11 is 0. The molecule has 0 aromatic heterocycles. The van der Waals surface area contributed by atoms with Gasteiger partial charge in [0.25, 0.3) is 0 Å². The minimum Gasteiger partial charge on any atom is -0.324 e. The van der Waals surface area contributed by atoms with E-state index in [4.69, 9.17) is 5.73 Å². The van der Waals surface area contributed by atoms with E-state index >= 15 is 0 Å². The second kappa shape index (κ2) is 4.88. The number of carbonyl (C=O) groups is 1. The lowest BCUT2D eigenvalue weighted by atomic mass is 10.0. The van der Waals surface area contributed by atoms with Crippen LogP contribution in [0.4, 0.5) is 5.69 Å². The van der Waals surface area contributed by atoms with Crippen molar-refractivity contribution < 1.29 is 4.79 Å². The molecule has 1 aromatic carbocycles. The first-order chi connectivity index (χ1) is 8.11. The van der Waals surface area contributed by atoms with Crippen LogP contribution in [0.3, 0.4) is 0 Å². The number of amides is 1. The molecule has 1 aliphatic rings. The second-order valence-electron chi connectivity index (χ2n) is 4.95. The summed E-state index contributed by atoms with van der Waals surface area (Å²) in [6.45, 7) is 4.66. The Morgan fingerprint density at radius 3 is 2.82 bits per heavy atom. The maximum atomic E-state index is 12.2. The normalized spacial score (nSPS) is 20.0. The molecule has 1 atom stereocenters. The molecule has 3 heteroatoms. The lowest BCUT2D eigenvalue weighted by Gasteiger charge is -2.25. The Morgan fingerprint density at radius 1 is 1.41 bits per heavy atom. The number of benzene rings is 1. The van der Waals surface area contributed by atoms with Gasteiger partial charge in [0.1, 0.15) is 0 Å². The minimum atomic E-state index is 0.0254. The van der Waals surface area contributed by atoms with Crippen LogP contribution in [0.15, 0.2) is 24.3 Å². The molecule has 0 aliphatic carbocycles. The van der Waals surface area contributed by atoms with Gasteiger partial charge in [-0.05, 0) is 24.5 Å². The molecule has 0 spiro atoms. The monoisotopic (exact) mass is 232 g/mol. The van der Waals surface area contributed by atoms with Crippen molar-refractivity contribution in [3.63, 3.8) is 0 Å². The van der Waals surface area contributed by atoms with Crippen LogP contribution in [-0.2, 0) is 4.79 Å². The number of fused-ring (bicyclic) bond motifs is 1. The highest BCUT2D eigenvalue weighted by Crippen LogP contribution is 2.31. The van der Waals surface area contributed by atoms with E-state index in [2.05, 4.69) is 0 Å². The van der Waals surface area contributed by atoms with Crippen LogP contribution in [0, 0.1) is 5.92 Å². The maximum Gasteiger partial charge on any atom is 0.229 e. The minimum absolute atomic E-state index is 0.0254. The molecule has 17 heavy (non-hydrogen) atoms. The third-order valence-electron chi connectivity index (χ3n) is 3.28. The number of hydrogen-bond donors (Lipinski definition) is 1. The lowest BCUT2D eigenvalue weighted by molar-refractivity contribution is -0.121. The molecular weight excluding hydrogens is 212 g/mol. The highest BCUT2D eigenvalue weighted by atomic mass is 16.2. The summed E-state index contributed by atoms with van der Waals surface area (Å²) in [5.41, 5.74) is 8.24. The van der Waals surface area contributed by atoms with Crippen LogP contribution in [0.2, 0.25) is 0 Å². The van der Waals surface area contributed by atoms with Crippen molar-refractivity contribution in [3.8, 4) is 0 Å². The van der Waals surface area contributed by atoms with Crippen molar-refractivity contribution in [2.75, 3.05) is 11.4 Å². The van der Waals surface area contributed by atoms with E-state index in [1.54, 1.807) is 0 Å². The van der Waals surface area contributed by atoms with Gasteiger partial charge in [0, 0.05) is 24.2 Å². The number of anilines is 1. The summed E-state index contributed by atoms with van der Waals surface area (Å²) in [4.78, 5) is 14.1. The van der Waals surface area contributed by atoms with Crippen LogP contribution < -0.4 is 10.6 Å². The van der Waals surface area contributed by atoms with Gasteiger partial charge in [0.05, 0.1) is 0 Å². The Kier molecular flexibility index (Phi) is 3.48. The highest BCUT2D eigenvalue weighted by molar-refractivity contribution is 5.95. The molecule has 2 rings (SSSR count). The molecule has 1 amide bonds. The van der Waals surface area contributed by atoms with Crippen LogP contribution >= 0.6 is 0 Å². The molecule has 1 aromatic rings. The van der Waals surface area contributed by atoms with E-state index in [1.807, 2.05) is 43.0 Å². The van der Waals surface area contributed by atoms with E-state index in [0.717, 1.165) is 30.6 Å². The molecule has 0 saturated carbocycles. The second-order valence-corrected chi connectivity index (χ2v) is 4.95. The van der Waals surface area contributed by atoms with Crippen LogP contribution in [0.25, 0.3) is 0 Å². The maximum absolute atomic E-state index is 12.2. The average molecular weight is 232 g/mol. The Morgan fingerprint density at radius 2 is 2.12 bits per heavy atom. The van der Waals surface area contributed by atoms with E-state index in [0.29, 0.717) is 0 Å². The molecule has 2 N–H and O–H groups in total. The molecule has 0 bridgehead atoms. The number of nitrogens with two attached hydrogens (primary N) is 1. The fourth-order valence-corrected chi connectivity index (χ4v) is 2.33. The van der Waals surface area contributed by atoms with Gasteiger partial charge in [-0.25, -0.2) is 0 Å². The molecule has 1 unspecified atom stereocenters. The van der Waals surface area contributed by atoms with Crippen molar-refractivity contribution in [1.29, 1.82) is 0 Å². The number of hydrogen-bond acceptors (Lipinski definition) is 2. The van der Waals surface area contributed by atoms with Crippen LogP contribution in [-0.4, -0.2) is 12.5 Å². The summed E-state index contributed by atoms with van der Waals surface area (Å²) in [6.07, 6.45) is 1.91. The zero-order valence-electron chi connectivity index (χ0n) is 10.5. The third kappa shape index (κ3) is 2.34. The summed E-state index contributed by atoms with van der Waals surface area (Å²) in [5.74, 6) is 0.212. The van der Waals surface area contributed by atoms with Gasteiger partial charge < -0.3 is 10.6 Å². The fraction of sp³-hybridized carbons (Fsp3) is 0.500. The smallest absolute Gasteiger partial charge is 0.229 e. The SMILES string of the molecule is CC(C)C(=O)N1CCCC(N)c2ccccc21. The number of para-hydroxylation sites is 1. The largest absolute Gasteiger partial charge is 0.324 e. The Balaban J connectivity index is 2.42. The standard InChI is InChI=1S/C14H20N2O/c1-10(2)14(17)16-9-5-7-12(15)11-6-3-4-8-13(11)16/h3-4,6,8,10,12H,5,7,9,15H2,1-2H3. The van der Waals surface area contributed by atoms with E-state index in [9.17, 15) is 4.79 Å². The summed E-state index contributed by atoms with van der Waals surface area (Å²) < 4.78 is 0. The molecule has 92 valence electrons. The average Bonchev–Trinajstić information content (AvgIpc) is 2.49. The first-order valence-corrected chi connectivity index (χ1v) is 6.27. The topological polar surface area (TPSA) is 46.3 Å². The third-order valence-corrected chi connectivity index (χ3v) is 3.28. The molecule has 1 aliphatic heterocycles. The molecule has 0 fully saturated rings. The Labute approximate surface area is 103 Å². The number of rotatable bonds is 1. The van der Waals surface area contributed by atoms with E-state index < -0.39 is 0 Å². The zero-order chi connectivity index (χ0) is 12.4. The summed E-state index contributed by atoms with van der Waals surface area (Å²) in [6, 6.07) is 8.04. The van der Waals surface area contributed by atoms with E-state index in [-0.39, 0.29) is 17.9 Å². The van der Waals surface area contributed by atoms with Crippen molar-refractivity contribution in [2.45, 2.75) is 32.7 Å². The molecule has 0 saturated heterocycles. The van der Waals surface area contributed by atoms with Crippen molar-refractivity contribution >= 4 is 11.6 Å². The van der Waals surface area contributed by atoms with Gasteiger partial charge in [-0.15, -0.1) is 0 Å². The molecule has 1 heterocycles. The van der Waals surface area contributed by atoms with Gasteiger partial charge in [0.15, 0.2) is 0 Å². The van der Waals surface area contributed by atoms with E-state index in [1.165, 1.54) is 0 Å². The van der Waals surface area contributed by atoms with Crippen LogP contribution in [0.1, 0.15) is 38.3 Å². The predicted molar refractivity (Wildman–Crippen MR) is 69.8 cm³/mol. The summed E-state index contributed by atoms with van der Waals surface area (Å²) in [7, 11) is 0. The highest BCUT2D eigenvalue weighted by Gasteiger charge is 2.25. The number of nitrogens with zero attached hydrogens (tertiary/aromatic N) is 1. The Bertz CT molecular complexity index is 414. The van der Waals surface area contributed by atoms with Crippen molar-refractivity contribution in [1.82, 2.24) is 0 Å². The van der Waals surface area contributed by atoms with Crippen LogP contribution in [0.5, 0.6) is 0 Å². The van der Waals surface area contributed by atoms with Gasteiger partial charge in [0.2, 0.25) is 5.91 Å². The molecular formula is C14H20N2O. The number of carbonyl (C=O) groups excluding carboxylic acids is 1. The zero-order valence-corrected chi connectivity index (χ0v) is 10.5. The van der Waals surface area contributed by atoms with Crippen molar-refractivity contribution in [3.05, 3.63) is 29.8 Å². The molecule has 3 nitrogen and oxygen atoms in total. The first kappa shape index (κ1) is 12.1. The molecule has 0 radical (unpaired) electrons. The van der Waals surface area contributed by atoms with Crippen molar-refractivity contribution in [2.24, 2.45) is 11.7 Å². The fourth-order valence-electron chi connectivity index (χ4n) is 2.33. The lowest BCUT2D eigenvalue weighted by Crippen LogP contribution is -2.35. The Hall–Kier alpha value is -1.35. The van der Waals surface area contributed by atoms with Gasteiger partial charge in [-0.2, -0.15) is 0 Å². The van der Waals surface area contributed by atoms with Gasteiger partial charge >= 0.3 is 0 Å². The predicted octanol–water partition coefficient (Wildman–Crippen LogP) is 2.47.